The Labute approximate surface area is 172 Å². The van der Waals surface area contributed by atoms with Crippen LogP contribution >= 0.6 is 11.8 Å². The average molecular weight is 412 g/mol. The number of benzene rings is 2. The molecule has 1 aliphatic rings. The zero-order chi connectivity index (χ0) is 20.6. The van der Waals surface area contributed by atoms with Crippen LogP contribution in [0.25, 0.3) is 0 Å². The zero-order valence-electron chi connectivity index (χ0n) is 15.8. The van der Waals surface area contributed by atoms with Crippen LogP contribution in [0.3, 0.4) is 0 Å². The summed E-state index contributed by atoms with van der Waals surface area (Å²) < 4.78 is 10.2. The highest BCUT2D eigenvalue weighted by atomic mass is 32.2. The van der Waals surface area contributed by atoms with Crippen LogP contribution in [0.5, 0.6) is 0 Å². The molecule has 0 bridgehead atoms. The first kappa shape index (κ1) is 20.5. The Kier molecular flexibility index (Phi) is 6.91. The van der Waals surface area contributed by atoms with Crippen LogP contribution in [-0.2, 0) is 14.3 Å². The number of amides is 2. The molecule has 0 unspecified atom stereocenters. The van der Waals surface area contributed by atoms with E-state index in [0.717, 1.165) is 5.75 Å². The average Bonchev–Trinajstić information content (AvgIpc) is 2.75. The minimum Gasteiger partial charge on any atom is -0.487 e. The summed E-state index contributed by atoms with van der Waals surface area (Å²) in [7, 11) is 0. The lowest BCUT2D eigenvalue weighted by Gasteiger charge is -2.14. The van der Waals surface area contributed by atoms with Crippen molar-refractivity contribution in [2.24, 2.45) is 0 Å². The summed E-state index contributed by atoms with van der Waals surface area (Å²) in [6.07, 6.45) is 0. The molecule has 0 atom stereocenters. The predicted molar refractivity (Wildman–Crippen MR) is 112 cm³/mol. The lowest BCUT2D eigenvalue weighted by Crippen LogP contribution is -2.19. The largest absolute Gasteiger partial charge is 0.487 e. The zero-order valence-corrected chi connectivity index (χ0v) is 16.6. The fourth-order valence-corrected chi connectivity index (χ4v) is 3.12. The molecule has 0 aliphatic carbocycles. The molecule has 2 aromatic rings. The number of hydrogen-bond donors (Lipinski definition) is 2. The number of anilines is 2. The molecule has 3 rings (SSSR count). The van der Waals surface area contributed by atoms with Gasteiger partial charge in [-0.25, -0.2) is 4.79 Å². The fourth-order valence-electron chi connectivity index (χ4n) is 2.49. The van der Waals surface area contributed by atoms with Gasteiger partial charge in [0.25, 0.3) is 11.8 Å². The first-order valence-electron chi connectivity index (χ1n) is 9.01. The van der Waals surface area contributed by atoms with Gasteiger partial charge in [-0.05, 0) is 55.5 Å². The molecule has 2 N–H and O–H groups in total. The van der Waals surface area contributed by atoms with Crippen LogP contribution in [0.1, 0.15) is 27.6 Å². The van der Waals surface area contributed by atoms with Gasteiger partial charge in [0.1, 0.15) is 0 Å². The second-order valence-corrected chi connectivity index (χ2v) is 6.96. The molecule has 150 valence electrons. The van der Waals surface area contributed by atoms with Crippen LogP contribution in [0.4, 0.5) is 11.4 Å². The highest BCUT2D eigenvalue weighted by molar-refractivity contribution is 8.02. The van der Waals surface area contributed by atoms with Crippen LogP contribution in [-0.4, -0.2) is 36.8 Å². The molecule has 2 aromatic carbocycles. The summed E-state index contributed by atoms with van der Waals surface area (Å²) in [6, 6.07) is 13.0. The molecular weight excluding hydrogens is 392 g/mol. The molecule has 0 saturated carbocycles. The third kappa shape index (κ3) is 5.61. The van der Waals surface area contributed by atoms with Gasteiger partial charge in [0.15, 0.2) is 5.76 Å². The van der Waals surface area contributed by atoms with E-state index in [1.807, 2.05) is 0 Å². The fraction of sp³-hybridized carbons (Fsp3) is 0.190. The van der Waals surface area contributed by atoms with Gasteiger partial charge in [0.2, 0.25) is 0 Å². The van der Waals surface area contributed by atoms with E-state index in [1.54, 1.807) is 60.9 Å². The third-order valence-electron chi connectivity index (χ3n) is 3.93. The molecular formula is C21H20N2O5S. The quantitative estimate of drug-likeness (QED) is 0.704. The number of nitrogens with one attached hydrogen (secondary N) is 2. The molecule has 0 fully saturated rings. The van der Waals surface area contributed by atoms with Crippen molar-refractivity contribution in [2.75, 3.05) is 29.6 Å². The van der Waals surface area contributed by atoms with E-state index in [1.165, 1.54) is 11.8 Å². The minimum absolute atomic E-state index is 0.286. The monoisotopic (exact) mass is 412 g/mol. The van der Waals surface area contributed by atoms with E-state index in [0.29, 0.717) is 35.7 Å². The SMILES string of the molecule is CCOC(=O)c1ccc(NC(=O)c2ccc(NC(=O)C3=CSCCO3)cc2)cc1. The van der Waals surface area contributed by atoms with Crippen LogP contribution < -0.4 is 10.6 Å². The molecule has 29 heavy (non-hydrogen) atoms. The number of carbonyl (C=O) groups is 3. The van der Waals surface area contributed by atoms with Gasteiger partial charge in [0, 0.05) is 28.1 Å². The van der Waals surface area contributed by atoms with Gasteiger partial charge in [0.05, 0.1) is 18.8 Å². The van der Waals surface area contributed by atoms with Crippen LogP contribution in [0.2, 0.25) is 0 Å². The summed E-state index contributed by atoms with van der Waals surface area (Å²) >= 11 is 1.53. The first-order chi connectivity index (χ1) is 14.1. The molecule has 0 radical (unpaired) electrons. The van der Waals surface area contributed by atoms with Crippen LogP contribution in [0.15, 0.2) is 59.7 Å². The van der Waals surface area contributed by atoms with Gasteiger partial charge < -0.3 is 20.1 Å². The van der Waals surface area contributed by atoms with E-state index >= 15 is 0 Å². The Hall–Kier alpha value is -3.26. The summed E-state index contributed by atoms with van der Waals surface area (Å²) in [4.78, 5) is 36.2. The molecule has 0 aromatic heterocycles. The maximum Gasteiger partial charge on any atom is 0.338 e. The summed E-state index contributed by atoms with van der Waals surface area (Å²) in [5.41, 5.74) is 1.96. The summed E-state index contributed by atoms with van der Waals surface area (Å²) in [6.45, 7) is 2.55. The predicted octanol–water partition coefficient (Wildman–Crippen LogP) is 3.66. The van der Waals surface area contributed by atoms with Crippen LogP contribution in [0, 0.1) is 0 Å². The highest BCUT2D eigenvalue weighted by Crippen LogP contribution is 2.18. The van der Waals surface area contributed by atoms with Gasteiger partial charge in [-0.3, -0.25) is 9.59 Å². The normalized spacial score (nSPS) is 12.9. The van der Waals surface area contributed by atoms with E-state index in [9.17, 15) is 14.4 Å². The van der Waals surface area contributed by atoms with Crippen molar-refractivity contribution in [3.63, 3.8) is 0 Å². The maximum atomic E-state index is 12.4. The smallest absolute Gasteiger partial charge is 0.338 e. The molecule has 1 heterocycles. The van der Waals surface area contributed by atoms with Crippen molar-refractivity contribution in [3.05, 3.63) is 70.8 Å². The summed E-state index contributed by atoms with van der Waals surface area (Å²) in [5.74, 6) is 0.0782. The second-order valence-electron chi connectivity index (χ2n) is 5.98. The number of ether oxygens (including phenoxy) is 2. The Morgan fingerprint density at radius 2 is 1.52 bits per heavy atom. The Bertz CT molecular complexity index is 923. The lowest BCUT2D eigenvalue weighted by molar-refractivity contribution is -0.116. The highest BCUT2D eigenvalue weighted by Gasteiger charge is 2.15. The standard InChI is InChI=1S/C21H20N2O5S/c1-2-27-21(26)15-5-9-16(10-6-15)22-19(24)14-3-7-17(8-4-14)23-20(25)18-13-29-12-11-28-18/h3-10,13H,2,11-12H2,1H3,(H,22,24)(H,23,25). The van der Waals surface area contributed by atoms with Crippen molar-refractivity contribution in [1.29, 1.82) is 0 Å². The third-order valence-corrected chi connectivity index (χ3v) is 4.71. The van der Waals surface area contributed by atoms with Crippen molar-refractivity contribution in [2.45, 2.75) is 6.92 Å². The number of hydrogen-bond acceptors (Lipinski definition) is 6. The minimum atomic E-state index is -0.406. The van der Waals surface area contributed by atoms with Crippen molar-refractivity contribution in [1.82, 2.24) is 0 Å². The Morgan fingerprint density at radius 1 is 0.931 bits per heavy atom. The number of carbonyl (C=O) groups excluding carboxylic acids is 3. The first-order valence-corrected chi connectivity index (χ1v) is 10.1. The number of esters is 1. The van der Waals surface area contributed by atoms with E-state index in [4.69, 9.17) is 9.47 Å². The molecule has 2 amide bonds. The second kappa shape index (κ2) is 9.79. The Balaban J connectivity index is 1.58. The maximum absolute atomic E-state index is 12.4. The lowest BCUT2D eigenvalue weighted by atomic mass is 10.1. The van der Waals surface area contributed by atoms with E-state index in [2.05, 4.69) is 10.6 Å². The van der Waals surface area contributed by atoms with Gasteiger partial charge in [-0.2, -0.15) is 0 Å². The molecule has 0 spiro atoms. The van der Waals surface area contributed by atoms with Gasteiger partial charge >= 0.3 is 5.97 Å². The van der Waals surface area contributed by atoms with E-state index < -0.39 is 5.97 Å². The van der Waals surface area contributed by atoms with Crippen molar-refractivity contribution in [3.8, 4) is 0 Å². The molecule has 7 nitrogen and oxygen atoms in total. The van der Waals surface area contributed by atoms with E-state index in [-0.39, 0.29) is 17.6 Å². The summed E-state index contributed by atoms with van der Waals surface area (Å²) in [5, 5.41) is 7.18. The number of thioether (sulfide) groups is 1. The molecule has 1 aliphatic heterocycles. The topological polar surface area (TPSA) is 93.7 Å². The molecule has 0 saturated heterocycles. The Morgan fingerprint density at radius 3 is 2.07 bits per heavy atom. The molecule has 8 heteroatoms. The van der Waals surface area contributed by atoms with Gasteiger partial charge in [-0.1, -0.05) is 0 Å². The van der Waals surface area contributed by atoms with Crippen molar-refractivity contribution < 1.29 is 23.9 Å². The van der Waals surface area contributed by atoms with Gasteiger partial charge in [-0.15, -0.1) is 11.8 Å². The van der Waals surface area contributed by atoms with Crippen molar-refractivity contribution >= 4 is 40.9 Å². The number of rotatable bonds is 6.